The number of anilines is 1. The molecule has 0 radical (unpaired) electrons. The van der Waals surface area contributed by atoms with E-state index < -0.39 is 34.4 Å². The molecule has 1 N–H and O–H groups in total. The smallest absolute Gasteiger partial charge is 0.323 e. The van der Waals surface area contributed by atoms with E-state index in [1.54, 1.807) is 14.1 Å². The van der Waals surface area contributed by atoms with E-state index in [-0.39, 0.29) is 35.8 Å². The third kappa shape index (κ3) is 4.51. The molecule has 1 heterocycles. The topological polar surface area (TPSA) is 115 Å². The molecule has 1 aromatic carbocycles. The van der Waals surface area contributed by atoms with Crippen molar-refractivity contribution in [3.05, 3.63) is 29.3 Å². The van der Waals surface area contributed by atoms with E-state index >= 15 is 0 Å². The maximum absolute atomic E-state index is 12.3. The predicted octanol–water partition coefficient (Wildman–Crippen LogP) is 0.117. The second kappa shape index (κ2) is 8.02. The maximum Gasteiger partial charge on any atom is 0.323 e. The van der Waals surface area contributed by atoms with E-state index in [2.05, 4.69) is 0 Å². The van der Waals surface area contributed by atoms with Crippen LogP contribution in [0, 0.1) is 0 Å². The van der Waals surface area contributed by atoms with Crippen LogP contribution in [-0.2, 0) is 14.8 Å². The Balaban J connectivity index is 0.00000338. The molecule has 2 amide bonds. The lowest BCUT2D eigenvalue weighted by molar-refractivity contribution is -0.137. The molecule has 144 valence electrons. The van der Waals surface area contributed by atoms with Gasteiger partial charge >= 0.3 is 5.97 Å². The molecule has 0 unspecified atom stereocenters. The van der Waals surface area contributed by atoms with Gasteiger partial charge in [0.25, 0.3) is 11.8 Å². The Morgan fingerprint density at radius 1 is 1.12 bits per heavy atom. The van der Waals surface area contributed by atoms with Gasteiger partial charge in [-0.15, -0.1) is 12.4 Å². The van der Waals surface area contributed by atoms with Crippen LogP contribution in [0.5, 0.6) is 0 Å². The minimum Gasteiger partial charge on any atom is -0.480 e. The molecule has 1 aromatic rings. The molecule has 9 nitrogen and oxygen atoms in total. The zero-order chi connectivity index (χ0) is 18.9. The van der Waals surface area contributed by atoms with Gasteiger partial charge < -0.3 is 10.0 Å². The first-order chi connectivity index (χ1) is 11.5. The van der Waals surface area contributed by atoms with Gasteiger partial charge in [-0.05, 0) is 32.3 Å². The summed E-state index contributed by atoms with van der Waals surface area (Å²) in [6, 6.07) is 4.10. The molecule has 11 heteroatoms. The summed E-state index contributed by atoms with van der Waals surface area (Å²) in [7, 11) is 0.00957. The highest BCUT2D eigenvalue weighted by atomic mass is 35.5. The van der Waals surface area contributed by atoms with Crippen molar-refractivity contribution >= 4 is 45.9 Å². The molecule has 0 saturated carbocycles. The molecule has 0 spiro atoms. The lowest BCUT2D eigenvalue weighted by Crippen LogP contribution is -2.36. The molecule has 1 aliphatic heterocycles. The summed E-state index contributed by atoms with van der Waals surface area (Å²) in [5.41, 5.74) is 0.319. The minimum atomic E-state index is -3.59. The van der Waals surface area contributed by atoms with E-state index in [9.17, 15) is 22.8 Å². The predicted molar refractivity (Wildman–Crippen MR) is 97.4 cm³/mol. The molecule has 0 saturated heterocycles. The number of imide groups is 1. The number of aliphatic carboxylic acids is 1. The summed E-state index contributed by atoms with van der Waals surface area (Å²) >= 11 is 0. The fraction of sp³-hybridized carbons (Fsp3) is 0.400. The molecule has 0 bridgehead atoms. The Labute approximate surface area is 157 Å². The highest BCUT2D eigenvalue weighted by molar-refractivity contribution is 7.92. The summed E-state index contributed by atoms with van der Waals surface area (Å²) < 4.78 is 25.3. The van der Waals surface area contributed by atoms with Gasteiger partial charge in [-0.2, -0.15) is 0 Å². The van der Waals surface area contributed by atoms with Crippen LogP contribution < -0.4 is 4.31 Å². The van der Waals surface area contributed by atoms with Crippen LogP contribution in [0.15, 0.2) is 18.2 Å². The molecule has 26 heavy (non-hydrogen) atoms. The second-order valence-electron chi connectivity index (χ2n) is 5.96. The van der Waals surface area contributed by atoms with Crippen molar-refractivity contribution in [2.24, 2.45) is 0 Å². The Hall–Kier alpha value is -2.17. The number of carboxylic acids is 1. The monoisotopic (exact) mass is 405 g/mol. The van der Waals surface area contributed by atoms with E-state index in [0.717, 1.165) is 10.6 Å². The Morgan fingerprint density at radius 3 is 2.19 bits per heavy atom. The number of hydrogen-bond acceptors (Lipinski definition) is 6. The van der Waals surface area contributed by atoms with Crippen molar-refractivity contribution in [3.63, 3.8) is 0 Å². The molecular formula is C15H20ClN3O6S. The number of carbonyl (C=O) groups is 3. The molecule has 0 aromatic heterocycles. The van der Waals surface area contributed by atoms with Crippen molar-refractivity contribution in [1.29, 1.82) is 0 Å². The van der Waals surface area contributed by atoms with Gasteiger partial charge in [-0.25, -0.2) is 8.42 Å². The molecule has 2 rings (SSSR count). The standard InChI is InChI=1S/C15H19N3O6S.ClH/c1-16(2)6-7-18(25(3,23)24)10-4-5-11-12(8-10)15(22)17(14(11)21)9-13(19)20;/h4-5,8H,6-7,9H2,1-3H3,(H,19,20);1H. The molecule has 0 atom stereocenters. The van der Waals surface area contributed by atoms with E-state index in [1.807, 2.05) is 4.90 Å². The van der Waals surface area contributed by atoms with Gasteiger partial charge in [0, 0.05) is 13.1 Å². The number of benzene rings is 1. The number of amides is 2. The zero-order valence-electron chi connectivity index (χ0n) is 14.5. The van der Waals surface area contributed by atoms with Crippen LogP contribution in [0.4, 0.5) is 5.69 Å². The Morgan fingerprint density at radius 2 is 1.69 bits per heavy atom. The van der Waals surface area contributed by atoms with Crippen LogP contribution in [0.1, 0.15) is 20.7 Å². The fourth-order valence-electron chi connectivity index (χ4n) is 2.49. The summed E-state index contributed by atoms with van der Waals surface area (Å²) in [6.45, 7) is -0.105. The van der Waals surface area contributed by atoms with Gasteiger partial charge in [0.2, 0.25) is 10.0 Å². The van der Waals surface area contributed by atoms with E-state index in [4.69, 9.17) is 5.11 Å². The Kier molecular flexibility index (Phi) is 6.75. The van der Waals surface area contributed by atoms with Crippen LogP contribution in [0.25, 0.3) is 0 Å². The summed E-state index contributed by atoms with van der Waals surface area (Å²) in [5, 5.41) is 8.82. The number of halogens is 1. The number of likely N-dealkylation sites (N-methyl/N-ethyl adjacent to an activating group) is 1. The van der Waals surface area contributed by atoms with Crippen LogP contribution in [0.2, 0.25) is 0 Å². The van der Waals surface area contributed by atoms with Gasteiger partial charge in [0.05, 0.1) is 23.1 Å². The quantitative estimate of drug-likeness (QED) is 0.640. The number of carboxylic acid groups (broad SMARTS) is 1. The zero-order valence-corrected chi connectivity index (χ0v) is 16.1. The number of rotatable bonds is 7. The third-order valence-electron chi connectivity index (χ3n) is 3.69. The van der Waals surface area contributed by atoms with Crippen molar-refractivity contribution in [2.75, 3.05) is 44.3 Å². The first-order valence-corrected chi connectivity index (χ1v) is 9.21. The SMILES string of the molecule is CN(C)CCN(c1ccc2c(c1)C(=O)N(CC(=O)O)C2=O)S(C)(=O)=O.Cl. The van der Waals surface area contributed by atoms with Gasteiger partial charge in [0.15, 0.2) is 0 Å². The molecular weight excluding hydrogens is 386 g/mol. The number of hydrogen-bond donors (Lipinski definition) is 1. The lowest BCUT2D eigenvalue weighted by Gasteiger charge is -2.24. The average Bonchev–Trinajstić information content (AvgIpc) is 2.70. The number of sulfonamides is 1. The van der Waals surface area contributed by atoms with Gasteiger partial charge in [-0.3, -0.25) is 23.6 Å². The maximum atomic E-state index is 12.3. The molecule has 0 aliphatic carbocycles. The first kappa shape index (κ1) is 21.9. The highest BCUT2D eigenvalue weighted by Gasteiger charge is 2.37. The van der Waals surface area contributed by atoms with Crippen LogP contribution in [0.3, 0.4) is 0 Å². The normalized spacial score (nSPS) is 13.6. The van der Waals surface area contributed by atoms with Crippen molar-refractivity contribution < 1.29 is 27.9 Å². The van der Waals surface area contributed by atoms with E-state index in [1.165, 1.54) is 18.2 Å². The van der Waals surface area contributed by atoms with Crippen molar-refractivity contribution in [1.82, 2.24) is 9.80 Å². The number of carbonyl (C=O) groups excluding carboxylic acids is 2. The molecule has 1 aliphatic rings. The molecule has 0 fully saturated rings. The fourth-order valence-corrected chi connectivity index (χ4v) is 3.40. The number of nitrogens with zero attached hydrogens (tertiary/aromatic N) is 3. The van der Waals surface area contributed by atoms with Crippen molar-refractivity contribution in [2.45, 2.75) is 0 Å². The second-order valence-corrected chi connectivity index (χ2v) is 7.87. The summed E-state index contributed by atoms with van der Waals surface area (Å²) in [4.78, 5) is 37.7. The third-order valence-corrected chi connectivity index (χ3v) is 4.88. The Bertz CT molecular complexity index is 840. The largest absolute Gasteiger partial charge is 0.480 e. The summed E-state index contributed by atoms with van der Waals surface area (Å²) in [6.07, 6.45) is 1.06. The van der Waals surface area contributed by atoms with Gasteiger partial charge in [0.1, 0.15) is 6.54 Å². The van der Waals surface area contributed by atoms with E-state index in [0.29, 0.717) is 11.4 Å². The van der Waals surface area contributed by atoms with Crippen molar-refractivity contribution in [3.8, 4) is 0 Å². The van der Waals surface area contributed by atoms with Crippen LogP contribution in [-0.4, -0.2) is 81.1 Å². The van der Waals surface area contributed by atoms with Crippen LogP contribution >= 0.6 is 12.4 Å². The minimum absolute atomic E-state index is 0. The highest BCUT2D eigenvalue weighted by Crippen LogP contribution is 2.28. The summed E-state index contributed by atoms with van der Waals surface area (Å²) in [5.74, 6) is -2.75. The average molecular weight is 406 g/mol. The lowest BCUT2D eigenvalue weighted by atomic mass is 10.1. The first-order valence-electron chi connectivity index (χ1n) is 7.37. The van der Waals surface area contributed by atoms with Gasteiger partial charge in [-0.1, -0.05) is 0 Å². The number of fused-ring (bicyclic) bond motifs is 1.